The fourth-order valence-electron chi connectivity index (χ4n) is 7.42. The second-order valence-electron chi connectivity index (χ2n) is 11.8. The summed E-state index contributed by atoms with van der Waals surface area (Å²) in [5, 5.41) is 16.6. The molecule has 0 spiro atoms. The van der Waals surface area contributed by atoms with Crippen molar-refractivity contribution < 1.29 is 0 Å². The summed E-state index contributed by atoms with van der Waals surface area (Å²) >= 11 is 0. The first-order chi connectivity index (χ1) is 21.8. The lowest BCUT2D eigenvalue weighted by atomic mass is 9.87. The van der Waals surface area contributed by atoms with E-state index < -0.39 is 0 Å². The summed E-state index contributed by atoms with van der Waals surface area (Å²) in [7, 11) is 0. The molecular weight excluding hydrogens is 532 g/mol. The van der Waals surface area contributed by atoms with Crippen LogP contribution in [0, 0.1) is 0 Å². The summed E-state index contributed by atoms with van der Waals surface area (Å²) in [6, 6.07) is 48.8. The lowest BCUT2D eigenvalue weighted by molar-refractivity contribution is 1.33. The number of benzene rings is 7. The van der Waals surface area contributed by atoms with Gasteiger partial charge in [-0.1, -0.05) is 97.1 Å². The van der Waals surface area contributed by atoms with Crippen LogP contribution in [0.1, 0.15) is 0 Å². The molecule has 202 valence electrons. The van der Waals surface area contributed by atoms with Gasteiger partial charge < -0.3 is 0 Å². The molecule has 8 aromatic carbocycles. The quantitative estimate of drug-likeness (QED) is 0.198. The average Bonchev–Trinajstić information content (AvgIpc) is 3.09. The molecule has 0 bridgehead atoms. The number of hydrogen-bond donors (Lipinski definition) is 0. The molecule has 0 N–H and O–H groups in total. The van der Waals surface area contributed by atoms with E-state index in [0.717, 1.165) is 33.3 Å². The van der Waals surface area contributed by atoms with Crippen molar-refractivity contribution in [3.8, 4) is 22.4 Å². The first-order valence-electron chi connectivity index (χ1n) is 15.1. The molecule has 2 aromatic heterocycles. The number of pyridine rings is 2. The molecule has 44 heavy (non-hydrogen) atoms. The smallest absolute Gasteiger partial charge is 0.0702 e. The van der Waals surface area contributed by atoms with Crippen LogP contribution >= 0.6 is 0 Å². The first-order valence-corrected chi connectivity index (χ1v) is 15.1. The van der Waals surface area contributed by atoms with Gasteiger partial charge in [-0.2, -0.15) is 0 Å². The van der Waals surface area contributed by atoms with Crippen LogP contribution in [0.15, 0.2) is 146 Å². The van der Waals surface area contributed by atoms with Gasteiger partial charge in [-0.15, -0.1) is 0 Å². The summed E-state index contributed by atoms with van der Waals surface area (Å²) in [6.45, 7) is 0. The van der Waals surface area contributed by atoms with E-state index in [1.165, 1.54) is 64.6 Å². The number of nitrogens with zero attached hydrogens (tertiary/aromatic N) is 2. The minimum Gasteiger partial charge on any atom is -0.256 e. The molecule has 2 heteroatoms. The van der Waals surface area contributed by atoms with Gasteiger partial charge in [-0.3, -0.25) is 9.97 Å². The van der Waals surface area contributed by atoms with Gasteiger partial charge in [0, 0.05) is 28.9 Å². The van der Waals surface area contributed by atoms with Gasteiger partial charge >= 0.3 is 0 Å². The van der Waals surface area contributed by atoms with Gasteiger partial charge in [0.05, 0.1) is 11.2 Å². The van der Waals surface area contributed by atoms with Gasteiger partial charge in [-0.25, -0.2) is 0 Å². The Balaban J connectivity index is 1.29. The average molecular weight is 557 g/mol. The third-order valence-electron chi connectivity index (χ3n) is 9.42. The maximum atomic E-state index is 5.02. The van der Waals surface area contributed by atoms with Crippen LogP contribution < -0.4 is 0 Å². The molecule has 0 aliphatic carbocycles. The van der Waals surface area contributed by atoms with E-state index in [0.29, 0.717) is 0 Å². The van der Waals surface area contributed by atoms with Crippen LogP contribution in [0.3, 0.4) is 0 Å². The van der Waals surface area contributed by atoms with E-state index in [4.69, 9.17) is 4.98 Å². The number of aromatic nitrogens is 2. The molecule has 0 amide bonds. The molecular formula is C42H24N2. The van der Waals surface area contributed by atoms with Crippen molar-refractivity contribution in [1.82, 2.24) is 9.97 Å². The zero-order valence-electron chi connectivity index (χ0n) is 23.8. The predicted molar refractivity (Wildman–Crippen MR) is 187 cm³/mol. The lowest BCUT2D eigenvalue weighted by Crippen LogP contribution is -1.90. The van der Waals surface area contributed by atoms with Gasteiger partial charge in [0.1, 0.15) is 0 Å². The maximum Gasteiger partial charge on any atom is 0.0702 e. The summed E-state index contributed by atoms with van der Waals surface area (Å²) in [6.07, 6.45) is 3.83. The summed E-state index contributed by atoms with van der Waals surface area (Å²) < 4.78 is 0. The minimum absolute atomic E-state index is 0.968. The van der Waals surface area contributed by atoms with E-state index in [9.17, 15) is 0 Å². The number of hydrogen-bond acceptors (Lipinski definition) is 2. The monoisotopic (exact) mass is 556 g/mol. The Morgan fingerprint density at radius 2 is 0.909 bits per heavy atom. The number of rotatable bonds is 2. The Kier molecular flexibility index (Phi) is 4.75. The Bertz CT molecular complexity index is 2750. The van der Waals surface area contributed by atoms with Gasteiger partial charge in [0.2, 0.25) is 0 Å². The molecule has 2 nitrogen and oxygen atoms in total. The molecule has 10 aromatic rings. The highest BCUT2D eigenvalue weighted by atomic mass is 14.7. The SMILES string of the molecule is c1cnc2ccc(-c3ccc(-c4cc5ccc6cccc7c8cccc9ccc%10cccc(c(c4)c5c67)c%10c98)nc3)cc2c1. The normalized spacial score (nSPS) is 12.1. The molecule has 0 aliphatic heterocycles. The van der Waals surface area contributed by atoms with Crippen molar-refractivity contribution in [2.24, 2.45) is 0 Å². The Labute approximate surface area is 253 Å². The summed E-state index contributed by atoms with van der Waals surface area (Å²) in [4.78, 5) is 9.48. The molecule has 0 saturated heterocycles. The van der Waals surface area contributed by atoms with Crippen LogP contribution in [-0.2, 0) is 0 Å². The van der Waals surface area contributed by atoms with Crippen LogP contribution in [0.4, 0.5) is 0 Å². The molecule has 0 fully saturated rings. The van der Waals surface area contributed by atoms with E-state index in [2.05, 4.69) is 132 Å². The molecule has 0 radical (unpaired) electrons. The summed E-state index contributed by atoms with van der Waals surface area (Å²) in [5.41, 5.74) is 5.33. The van der Waals surface area contributed by atoms with Gasteiger partial charge in [-0.05, 0) is 107 Å². The molecule has 0 saturated carbocycles. The molecule has 2 heterocycles. The second kappa shape index (κ2) is 8.82. The van der Waals surface area contributed by atoms with Crippen molar-refractivity contribution in [3.05, 3.63) is 146 Å². The van der Waals surface area contributed by atoms with Crippen LogP contribution in [0.25, 0.3) is 97.9 Å². The van der Waals surface area contributed by atoms with E-state index in [-0.39, 0.29) is 0 Å². The topological polar surface area (TPSA) is 25.8 Å². The Hall–Kier alpha value is -5.86. The molecule has 10 rings (SSSR count). The zero-order valence-corrected chi connectivity index (χ0v) is 23.8. The van der Waals surface area contributed by atoms with Crippen LogP contribution in [0.2, 0.25) is 0 Å². The van der Waals surface area contributed by atoms with Gasteiger partial charge in [0.15, 0.2) is 0 Å². The zero-order chi connectivity index (χ0) is 28.8. The lowest BCUT2D eigenvalue weighted by Gasteiger charge is -2.17. The van der Waals surface area contributed by atoms with Crippen LogP contribution in [-0.4, -0.2) is 9.97 Å². The van der Waals surface area contributed by atoms with Crippen molar-refractivity contribution in [2.75, 3.05) is 0 Å². The van der Waals surface area contributed by atoms with E-state index in [1.54, 1.807) is 0 Å². The third kappa shape index (κ3) is 3.31. The largest absolute Gasteiger partial charge is 0.256 e. The number of fused-ring (bicyclic) bond motifs is 3. The van der Waals surface area contributed by atoms with Crippen molar-refractivity contribution >= 4 is 75.5 Å². The van der Waals surface area contributed by atoms with Crippen molar-refractivity contribution in [1.29, 1.82) is 0 Å². The van der Waals surface area contributed by atoms with Crippen LogP contribution in [0.5, 0.6) is 0 Å². The highest BCUT2D eigenvalue weighted by Crippen LogP contribution is 2.44. The Morgan fingerprint density at radius 3 is 1.57 bits per heavy atom. The van der Waals surface area contributed by atoms with Crippen molar-refractivity contribution in [3.63, 3.8) is 0 Å². The highest BCUT2D eigenvalue weighted by Gasteiger charge is 2.16. The second-order valence-corrected chi connectivity index (χ2v) is 11.8. The van der Waals surface area contributed by atoms with E-state index in [1.807, 2.05) is 18.5 Å². The Morgan fingerprint density at radius 1 is 0.341 bits per heavy atom. The summed E-state index contributed by atoms with van der Waals surface area (Å²) in [5.74, 6) is 0. The third-order valence-corrected chi connectivity index (χ3v) is 9.42. The first kappa shape index (κ1) is 23.7. The molecule has 0 atom stereocenters. The molecule has 0 aliphatic rings. The fraction of sp³-hybridized carbons (Fsp3) is 0. The predicted octanol–water partition coefficient (Wildman–Crippen LogP) is 11.3. The van der Waals surface area contributed by atoms with Crippen molar-refractivity contribution in [2.45, 2.75) is 0 Å². The van der Waals surface area contributed by atoms with Gasteiger partial charge in [0.25, 0.3) is 0 Å². The van der Waals surface area contributed by atoms with E-state index >= 15 is 0 Å². The highest BCUT2D eigenvalue weighted by molar-refractivity contribution is 6.37. The minimum atomic E-state index is 0.968. The standard InChI is InChI=1S/C42H24N2/c1-5-25-12-13-26-7-3-11-35-36-23-32(38-19-17-31(24-44-38)28-16-18-37-29(21-28)8-4-20-43-37)22-30-15-14-27-6-2-10-34(40(27)42(30)36)33(9-1)39(25)41(26)35/h1-24H. The maximum absolute atomic E-state index is 5.02. The fourth-order valence-corrected chi connectivity index (χ4v) is 7.42. The molecule has 0 unspecified atom stereocenters.